The average molecular weight is 293 g/mol. The number of ether oxygens (including phenoxy) is 1. The highest BCUT2D eigenvalue weighted by atomic mass is 16.6. The van der Waals surface area contributed by atoms with Gasteiger partial charge < -0.3 is 9.84 Å². The molecule has 2 fully saturated rings. The van der Waals surface area contributed by atoms with Gasteiger partial charge in [-0.05, 0) is 51.4 Å². The maximum absolute atomic E-state index is 12.4. The number of rotatable bonds is 1. The molecule has 0 radical (unpaired) electrons. The van der Waals surface area contributed by atoms with Gasteiger partial charge in [0.1, 0.15) is 11.6 Å². The highest BCUT2D eigenvalue weighted by Gasteiger charge is 2.56. The molecule has 0 aromatic rings. The summed E-state index contributed by atoms with van der Waals surface area (Å²) in [4.78, 5) is 25.6. The van der Waals surface area contributed by atoms with Gasteiger partial charge in [-0.15, -0.1) is 0 Å². The molecular weight excluding hydrogens is 270 g/mol. The number of carboxylic acid groups (broad SMARTS) is 1. The first kappa shape index (κ1) is 14.4. The van der Waals surface area contributed by atoms with E-state index in [1.807, 2.05) is 0 Å². The Bertz CT molecular complexity index is 493. The first-order valence-corrected chi connectivity index (χ1v) is 7.68. The molecule has 116 valence electrons. The minimum Gasteiger partial charge on any atom is -0.480 e. The number of carbonyl (C=O) groups is 2. The minimum atomic E-state index is -0.908. The normalized spacial score (nSPS) is 37.5. The van der Waals surface area contributed by atoms with Crippen molar-refractivity contribution in [2.45, 2.75) is 45.3 Å². The molecule has 0 spiro atoms. The van der Waals surface area contributed by atoms with Crippen molar-refractivity contribution in [3.05, 3.63) is 12.2 Å². The second-order valence-electron chi connectivity index (χ2n) is 7.45. The zero-order valence-corrected chi connectivity index (χ0v) is 12.8. The maximum Gasteiger partial charge on any atom is 0.411 e. The summed E-state index contributed by atoms with van der Waals surface area (Å²) in [6.45, 7) is 5.90. The van der Waals surface area contributed by atoms with Crippen molar-refractivity contribution in [2.24, 2.45) is 23.7 Å². The Morgan fingerprint density at radius 2 is 1.81 bits per heavy atom. The number of fused-ring (bicyclic) bond motifs is 1. The van der Waals surface area contributed by atoms with Crippen LogP contribution in [0.5, 0.6) is 0 Å². The lowest BCUT2D eigenvalue weighted by molar-refractivity contribution is -0.144. The van der Waals surface area contributed by atoms with Gasteiger partial charge in [-0.3, -0.25) is 4.90 Å². The highest BCUT2D eigenvalue weighted by Crippen LogP contribution is 2.51. The molecule has 1 saturated heterocycles. The molecule has 1 amide bonds. The van der Waals surface area contributed by atoms with Crippen molar-refractivity contribution in [1.29, 1.82) is 0 Å². The Morgan fingerprint density at radius 3 is 2.33 bits per heavy atom. The largest absolute Gasteiger partial charge is 0.480 e. The van der Waals surface area contributed by atoms with Crippen molar-refractivity contribution < 1.29 is 19.4 Å². The Labute approximate surface area is 124 Å². The fourth-order valence-electron chi connectivity index (χ4n) is 4.22. The molecule has 0 aromatic heterocycles. The first-order chi connectivity index (χ1) is 9.78. The lowest BCUT2D eigenvalue weighted by atomic mass is 9.62. The molecule has 0 aromatic carbocycles. The number of hydrogen-bond donors (Lipinski definition) is 1. The lowest BCUT2D eigenvalue weighted by Crippen LogP contribution is -2.47. The van der Waals surface area contributed by atoms with Gasteiger partial charge in [0, 0.05) is 12.5 Å². The third-order valence-electron chi connectivity index (χ3n) is 4.97. The van der Waals surface area contributed by atoms with Crippen molar-refractivity contribution in [2.75, 3.05) is 6.54 Å². The van der Waals surface area contributed by atoms with Crippen LogP contribution in [0.15, 0.2) is 12.2 Å². The molecule has 1 heterocycles. The van der Waals surface area contributed by atoms with E-state index in [0.29, 0.717) is 12.5 Å². The van der Waals surface area contributed by atoms with E-state index in [1.165, 1.54) is 4.90 Å². The van der Waals surface area contributed by atoms with Crippen LogP contribution in [0.3, 0.4) is 0 Å². The smallest absolute Gasteiger partial charge is 0.411 e. The molecule has 1 N–H and O–H groups in total. The fourth-order valence-corrected chi connectivity index (χ4v) is 4.22. The van der Waals surface area contributed by atoms with Crippen molar-refractivity contribution in [1.82, 2.24) is 4.90 Å². The van der Waals surface area contributed by atoms with Crippen molar-refractivity contribution in [3.63, 3.8) is 0 Å². The van der Waals surface area contributed by atoms with E-state index in [1.54, 1.807) is 20.8 Å². The van der Waals surface area contributed by atoms with Crippen LogP contribution in [0.2, 0.25) is 0 Å². The predicted octanol–water partition coefficient (Wildman–Crippen LogP) is 2.52. The molecule has 5 heteroatoms. The van der Waals surface area contributed by atoms with E-state index in [4.69, 9.17) is 4.74 Å². The topological polar surface area (TPSA) is 66.8 Å². The van der Waals surface area contributed by atoms with Crippen LogP contribution in [0.4, 0.5) is 4.79 Å². The molecule has 1 saturated carbocycles. The van der Waals surface area contributed by atoms with Crippen LogP contribution in [0.1, 0.15) is 33.6 Å². The second-order valence-corrected chi connectivity index (χ2v) is 7.45. The lowest BCUT2D eigenvalue weighted by Gasteiger charge is -2.41. The Kier molecular flexibility index (Phi) is 3.26. The summed E-state index contributed by atoms with van der Waals surface area (Å²) in [6.07, 6.45) is 6.02. The van der Waals surface area contributed by atoms with Crippen molar-refractivity contribution in [3.8, 4) is 0 Å². The number of carboxylic acids is 1. The third kappa shape index (κ3) is 2.43. The van der Waals surface area contributed by atoms with Gasteiger partial charge in [0.25, 0.3) is 0 Å². The van der Waals surface area contributed by atoms with E-state index in [2.05, 4.69) is 12.2 Å². The number of likely N-dealkylation sites (tertiary alicyclic amines) is 1. The summed E-state index contributed by atoms with van der Waals surface area (Å²) in [5.74, 6) is 0.0956. The number of nitrogens with zero attached hydrogens (tertiary/aromatic N) is 1. The molecule has 5 unspecified atom stereocenters. The number of carbonyl (C=O) groups excluding carboxylic acids is 1. The van der Waals surface area contributed by atoms with E-state index in [-0.39, 0.29) is 17.8 Å². The zero-order chi connectivity index (χ0) is 15.4. The molecule has 21 heavy (non-hydrogen) atoms. The van der Waals surface area contributed by atoms with Crippen LogP contribution in [0.25, 0.3) is 0 Å². The minimum absolute atomic E-state index is 0.0405. The van der Waals surface area contributed by atoms with Gasteiger partial charge in [-0.1, -0.05) is 12.2 Å². The SMILES string of the molecule is CC(C)(C)OC(=O)N1CC2C3C=CC(CC3)C2C1C(=O)O. The van der Waals surface area contributed by atoms with Gasteiger partial charge >= 0.3 is 12.1 Å². The molecule has 3 aliphatic carbocycles. The predicted molar refractivity (Wildman–Crippen MR) is 76.7 cm³/mol. The Balaban J connectivity index is 1.86. The molecule has 1 aliphatic heterocycles. The molecule has 4 aliphatic rings. The van der Waals surface area contributed by atoms with E-state index >= 15 is 0 Å². The zero-order valence-electron chi connectivity index (χ0n) is 12.8. The van der Waals surface area contributed by atoms with Crippen molar-refractivity contribution >= 4 is 12.1 Å². The monoisotopic (exact) mass is 293 g/mol. The molecule has 2 bridgehead atoms. The number of allylic oxidation sites excluding steroid dienone is 2. The van der Waals surface area contributed by atoms with Gasteiger partial charge in [0.2, 0.25) is 0 Å². The van der Waals surface area contributed by atoms with Crippen LogP contribution < -0.4 is 0 Å². The number of amides is 1. The molecule has 4 rings (SSSR count). The van der Waals surface area contributed by atoms with Crippen LogP contribution >= 0.6 is 0 Å². The van der Waals surface area contributed by atoms with Gasteiger partial charge in [0.05, 0.1) is 0 Å². The van der Waals surface area contributed by atoms with Gasteiger partial charge in [-0.25, -0.2) is 9.59 Å². The van der Waals surface area contributed by atoms with E-state index < -0.39 is 23.7 Å². The Hall–Kier alpha value is -1.52. The number of hydrogen-bond acceptors (Lipinski definition) is 3. The van der Waals surface area contributed by atoms with Crippen LogP contribution in [0, 0.1) is 23.7 Å². The van der Waals surface area contributed by atoms with E-state index in [9.17, 15) is 14.7 Å². The quantitative estimate of drug-likeness (QED) is 0.754. The maximum atomic E-state index is 12.4. The fraction of sp³-hybridized carbons (Fsp3) is 0.750. The summed E-state index contributed by atoms with van der Waals surface area (Å²) < 4.78 is 5.40. The summed E-state index contributed by atoms with van der Waals surface area (Å²) in [5, 5.41) is 9.62. The third-order valence-corrected chi connectivity index (χ3v) is 4.97. The standard InChI is InChI=1S/C16H23NO4/c1-16(2,3)21-15(20)17-8-11-9-4-6-10(7-5-9)12(11)13(17)14(18)19/h4,6,9-13H,5,7-8H2,1-3H3,(H,18,19). The summed E-state index contributed by atoms with van der Waals surface area (Å²) in [7, 11) is 0. The summed E-state index contributed by atoms with van der Waals surface area (Å²) >= 11 is 0. The molecule has 5 nitrogen and oxygen atoms in total. The van der Waals surface area contributed by atoms with Gasteiger partial charge in [0.15, 0.2) is 0 Å². The Morgan fingerprint density at radius 1 is 1.19 bits per heavy atom. The molecule has 5 atom stereocenters. The second kappa shape index (κ2) is 4.75. The average Bonchev–Trinajstić information content (AvgIpc) is 2.80. The van der Waals surface area contributed by atoms with E-state index in [0.717, 1.165) is 12.8 Å². The number of aliphatic carboxylic acids is 1. The van der Waals surface area contributed by atoms with Gasteiger partial charge in [-0.2, -0.15) is 0 Å². The highest BCUT2D eigenvalue weighted by molar-refractivity contribution is 5.81. The summed E-state index contributed by atoms with van der Waals surface area (Å²) in [5.41, 5.74) is -0.606. The van der Waals surface area contributed by atoms with Crippen LogP contribution in [-0.4, -0.2) is 40.3 Å². The summed E-state index contributed by atoms with van der Waals surface area (Å²) in [6, 6.07) is -0.748. The first-order valence-electron chi connectivity index (χ1n) is 7.68. The van der Waals surface area contributed by atoms with Crippen LogP contribution in [-0.2, 0) is 9.53 Å². The molecular formula is C16H23NO4.